The van der Waals surface area contributed by atoms with Gasteiger partial charge in [0.1, 0.15) is 5.75 Å². The summed E-state index contributed by atoms with van der Waals surface area (Å²) in [5, 5.41) is 4.12. The summed E-state index contributed by atoms with van der Waals surface area (Å²) >= 11 is 6.07. The Morgan fingerprint density at radius 1 is 1.41 bits per heavy atom. The van der Waals surface area contributed by atoms with E-state index < -0.39 is 0 Å². The fourth-order valence-electron chi connectivity index (χ4n) is 1.47. The quantitative estimate of drug-likeness (QED) is 0.749. The molecule has 1 N–H and O–H groups in total. The molecule has 0 heterocycles. The minimum atomic E-state index is 0.581. The molecule has 0 radical (unpaired) electrons. The molecule has 0 saturated heterocycles. The maximum atomic E-state index is 6.07. The topological polar surface area (TPSA) is 21.3 Å². The number of benzene rings is 1. The number of nitrogens with one attached hydrogen (secondary N) is 1. The van der Waals surface area contributed by atoms with Crippen molar-refractivity contribution in [3.8, 4) is 5.75 Å². The van der Waals surface area contributed by atoms with E-state index >= 15 is 0 Å². The van der Waals surface area contributed by atoms with Gasteiger partial charge in [-0.2, -0.15) is 0 Å². The van der Waals surface area contributed by atoms with E-state index in [1.165, 1.54) is 0 Å². The van der Waals surface area contributed by atoms with Gasteiger partial charge in [0.25, 0.3) is 0 Å². The first-order chi connectivity index (χ1) is 8.13. The standard InChI is InChI=1S/C14H22ClNO/c1-4-12(3)16-8-5-9-17-14-7-6-11(2)10-13(14)15/h6-7,10,12,16H,4-5,8-9H2,1-3H3/t12-/m1/s1. The van der Waals surface area contributed by atoms with Crippen LogP contribution in [0.2, 0.25) is 5.02 Å². The highest BCUT2D eigenvalue weighted by molar-refractivity contribution is 6.32. The van der Waals surface area contributed by atoms with Crippen molar-refractivity contribution in [3.63, 3.8) is 0 Å². The zero-order valence-corrected chi connectivity index (χ0v) is 11.7. The van der Waals surface area contributed by atoms with Crippen molar-refractivity contribution in [2.45, 2.75) is 39.7 Å². The maximum absolute atomic E-state index is 6.07. The fraction of sp³-hybridized carbons (Fsp3) is 0.571. The highest BCUT2D eigenvalue weighted by Gasteiger charge is 2.01. The van der Waals surface area contributed by atoms with E-state index in [2.05, 4.69) is 19.2 Å². The van der Waals surface area contributed by atoms with Gasteiger partial charge in [-0.1, -0.05) is 24.6 Å². The van der Waals surface area contributed by atoms with E-state index in [1.807, 2.05) is 25.1 Å². The molecule has 2 nitrogen and oxygen atoms in total. The van der Waals surface area contributed by atoms with E-state index in [-0.39, 0.29) is 0 Å². The summed E-state index contributed by atoms with van der Waals surface area (Å²) < 4.78 is 5.64. The highest BCUT2D eigenvalue weighted by Crippen LogP contribution is 2.25. The number of aryl methyl sites for hydroxylation is 1. The van der Waals surface area contributed by atoms with Gasteiger partial charge < -0.3 is 10.1 Å². The van der Waals surface area contributed by atoms with Crippen molar-refractivity contribution in [3.05, 3.63) is 28.8 Å². The number of halogens is 1. The number of hydrogen-bond acceptors (Lipinski definition) is 2. The number of rotatable bonds is 7. The first-order valence-electron chi connectivity index (χ1n) is 6.25. The number of ether oxygens (including phenoxy) is 1. The summed E-state index contributed by atoms with van der Waals surface area (Å²) in [6.07, 6.45) is 2.15. The number of hydrogen-bond donors (Lipinski definition) is 1. The van der Waals surface area contributed by atoms with E-state index in [1.54, 1.807) is 0 Å². The third-order valence-electron chi connectivity index (χ3n) is 2.77. The average Bonchev–Trinajstić information content (AvgIpc) is 2.30. The van der Waals surface area contributed by atoms with Gasteiger partial charge in [-0.05, 0) is 50.9 Å². The minimum Gasteiger partial charge on any atom is -0.492 e. The third kappa shape index (κ3) is 5.42. The predicted octanol–water partition coefficient (Wildman–Crippen LogP) is 3.81. The summed E-state index contributed by atoms with van der Waals surface area (Å²) in [7, 11) is 0. The molecule has 1 atom stereocenters. The van der Waals surface area contributed by atoms with Crippen LogP contribution in [0.25, 0.3) is 0 Å². The summed E-state index contributed by atoms with van der Waals surface area (Å²) in [5.41, 5.74) is 1.15. The Morgan fingerprint density at radius 3 is 2.82 bits per heavy atom. The molecule has 0 spiro atoms. The second-order valence-corrected chi connectivity index (χ2v) is 4.81. The molecule has 0 saturated carbocycles. The van der Waals surface area contributed by atoms with Gasteiger partial charge in [0, 0.05) is 6.04 Å². The van der Waals surface area contributed by atoms with Crippen LogP contribution in [0, 0.1) is 6.92 Å². The van der Waals surface area contributed by atoms with Crippen LogP contribution in [0.3, 0.4) is 0 Å². The first-order valence-corrected chi connectivity index (χ1v) is 6.63. The van der Waals surface area contributed by atoms with Crippen molar-refractivity contribution < 1.29 is 4.74 Å². The molecule has 0 aliphatic carbocycles. The monoisotopic (exact) mass is 255 g/mol. The molecule has 1 rings (SSSR count). The molecular formula is C14H22ClNO. The Balaban J connectivity index is 2.22. The molecule has 1 aromatic rings. The van der Waals surface area contributed by atoms with Crippen LogP contribution in [0.4, 0.5) is 0 Å². The lowest BCUT2D eigenvalue weighted by Gasteiger charge is -2.12. The lowest BCUT2D eigenvalue weighted by Crippen LogP contribution is -2.27. The SMILES string of the molecule is CC[C@@H](C)NCCCOc1ccc(C)cc1Cl. The minimum absolute atomic E-state index is 0.581. The van der Waals surface area contributed by atoms with Crippen LogP contribution < -0.4 is 10.1 Å². The van der Waals surface area contributed by atoms with Gasteiger partial charge in [-0.25, -0.2) is 0 Å². The Labute approximate surface area is 109 Å². The van der Waals surface area contributed by atoms with Crippen molar-refractivity contribution >= 4 is 11.6 Å². The Kier molecular flexibility index (Phi) is 6.38. The zero-order chi connectivity index (χ0) is 12.7. The summed E-state index contributed by atoms with van der Waals surface area (Å²) in [6, 6.07) is 6.45. The van der Waals surface area contributed by atoms with Gasteiger partial charge >= 0.3 is 0 Å². The van der Waals surface area contributed by atoms with Crippen LogP contribution in [-0.4, -0.2) is 19.2 Å². The molecule has 3 heteroatoms. The molecule has 0 aliphatic heterocycles. The maximum Gasteiger partial charge on any atom is 0.137 e. The van der Waals surface area contributed by atoms with Crippen molar-refractivity contribution in [2.24, 2.45) is 0 Å². The fourth-order valence-corrected chi connectivity index (χ4v) is 1.76. The van der Waals surface area contributed by atoms with Crippen LogP contribution in [0.15, 0.2) is 18.2 Å². The average molecular weight is 256 g/mol. The molecule has 17 heavy (non-hydrogen) atoms. The molecule has 0 aliphatic rings. The van der Waals surface area contributed by atoms with Crippen molar-refractivity contribution in [2.75, 3.05) is 13.2 Å². The molecule has 0 amide bonds. The van der Waals surface area contributed by atoms with Crippen LogP contribution >= 0.6 is 11.6 Å². The van der Waals surface area contributed by atoms with Gasteiger partial charge in [0.2, 0.25) is 0 Å². The van der Waals surface area contributed by atoms with Crippen molar-refractivity contribution in [1.82, 2.24) is 5.32 Å². The lowest BCUT2D eigenvalue weighted by atomic mass is 10.2. The largest absolute Gasteiger partial charge is 0.492 e. The zero-order valence-electron chi connectivity index (χ0n) is 10.9. The summed E-state index contributed by atoms with van der Waals surface area (Å²) in [5.74, 6) is 0.779. The lowest BCUT2D eigenvalue weighted by molar-refractivity contribution is 0.305. The third-order valence-corrected chi connectivity index (χ3v) is 3.07. The molecule has 0 unspecified atom stereocenters. The summed E-state index contributed by atoms with van der Waals surface area (Å²) in [4.78, 5) is 0. The first kappa shape index (κ1) is 14.3. The van der Waals surface area contributed by atoms with E-state index in [0.717, 1.165) is 30.7 Å². The van der Waals surface area contributed by atoms with Crippen LogP contribution in [-0.2, 0) is 0 Å². The summed E-state index contributed by atoms with van der Waals surface area (Å²) in [6.45, 7) is 8.08. The predicted molar refractivity (Wildman–Crippen MR) is 74.1 cm³/mol. The Hall–Kier alpha value is -0.730. The van der Waals surface area contributed by atoms with Crippen molar-refractivity contribution in [1.29, 1.82) is 0 Å². The molecular weight excluding hydrogens is 234 g/mol. The van der Waals surface area contributed by atoms with E-state index in [9.17, 15) is 0 Å². The second kappa shape index (κ2) is 7.57. The molecule has 0 bridgehead atoms. The van der Waals surface area contributed by atoms with E-state index in [0.29, 0.717) is 17.7 Å². The van der Waals surface area contributed by atoms with Gasteiger partial charge in [0.15, 0.2) is 0 Å². The molecule has 0 fully saturated rings. The molecule has 1 aromatic carbocycles. The second-order valence-electron chi connectivity index (χ2n) is 4.40. The van der Waals surface area contributed by atoms with Gasteiger partial charge in [-0.15, -0.1) is 0 Å². The smallest absolute Gasteiger partial charge is 0.137 e. The normalized spacial score (nSPS) is 12.5. The van der Waals surface area contributed by atoms with E-state index in [4.69, 9.17) is 16.3 Å². The highest BCUT2D eigenvalue weighted by atomic mass is 35.5. The van der Waals surface area contributed by atoms with Gasteiger partial charge in [-0.3, -0.25) is 0 Å². The van der Waals surface area contributed by atoms with Crippen LogP contribution in [0.5, 0.6) is 5.75 Å². The van der Waals surface area contributed by atoms with Gasteiger partial charge in [0.05, 0.1) is 11.6 Å². The molecule has 0 aromatic heterocycles. The Morgan fingerprint density at radius 2 is 2.18 bits per heavy atom. The molecule has 96 valence electrons. The Bertz CT molecular complexity index is 341. The van der Waals surface area contributed by atoms with Crippen LogP contribution in [0.1, 0.15) is 32.3 Å².